The van der Waals surface area contributed by atoms with Gasteiger partial charge in [-0.1, -0.05) is 13.8 Å². The number of aryl methyl sites for hydroxylation is 2. The van der Waals surface area contributed by atoms with E-state index in [1.165, 1.54) is 0 Å². The first-order valence-corrected chi connectivity index (χ1v) is 19.0. The van der Waals surface area contributed by atoms with Gasteiger partial charge in [-0.25, -0.2) is 0 Å². The van der Waals surface area contributed by atoms with Crippen molar-refractivity contribution in [2.45, 2.75) is 124 Å². The summed E-state index contributed by atoms with van der Waals surface area (Å²) in [4.78, 5) is 49.5. The first kappa shape index (κ1) is 38.6. The van der Waals surface area contributed by atoms with E-state index in [0.29, 0.717) is 38.2 Å². The monoisotopic (exact) mass is 711 g/mol. The maximum absolute atomic E-state index is 12.9. The third-order valence-corrected chi connectivity index (χ3v) is 11.1. The maximum atomic E-state index is 12.9. The van der Waals surface area contributed by atoms with Crippen LogP contribution in [0.4, 0.5) is 0 Å². The first-order chi connectivity index (χ1) is 24.5. The van der Waals surface area contributed by atoms with Crippen molar-refractivity contribution in [2.24, 2.45) is 10.8 Å². The first-order valence-electron chi connectivity index (χ1n) is 19.0. The third-order valence-electron chi connectivity index (χ3n) is 11.1. The molecule has 1 N–H and O–H groups in total. The molecule has 5 heterocycles. The topological polar surface area (TPSA) is 153 Å². The molecule has 0 aromatic carbocycles. The predicted octanol–water partition coefficient (Wildman–Crippen LogP) is 4.93. The van der Waals surface area contributed by atoms with Gasteiger partial charge >= 0.3 is 11.9 Å². The highest BCUT2D eigenvalue weighted by Gasteiger charge is 2.44. The van der Waals surface area contributed by atoms with Crippen molar-refractivity contribution >= 4 is 23.6 Å². The number of ether oxygens (including phenoxy) is 4. The van der Waals surface area contributed by atoms with Gasteiger partial charge in [0.05, 0.1) is 72.0 Å². The minimum atomic E-state index is -0.235. The van der Waals surface area contributed by atoms with Gasteiger partial charge in [0.1, 0.15) is 0 Å². The summed E-state index contributed by atoms with van der Waals surface area (Å²) >= 11 is 0. The van der Waals surface area contributed by atoms with Crippen LogP contribution in [0.25, 0.3) is 0 Å². The number of fused-ring (bicyclic) bond motifs is 2. The molecule has 2 fully saturated rings. The second-order valence-corrected chi connectivity index (χ2v) is 14.7. The Hall–Kier alpha value is -3.58. The molecule has 51 heavy (non-hydrogen) atoms. The van der Waals surface area contributed by atoms with Gasteiger partial charge < -0.3 is 24.3 Å². The number of esters is 2. The lowest BCUT2D eigenvalue weighted by Gasteiger charge is -2.40. The van der Waals surface area contributed by atoms with E-state index in [0.717, 1.165) is 99.7 Å². The van der Waals surface area contributed by atoms with Crippen LogP contribution in [-0.2, 0) is 54.2 Å². The van der Waals surface area contributed by atoms with E-state index < -0.39 is 0 Å². The highest BCUT2D eigenvalue weighted by molar-refractivity contribution is 6.00. The van der Waals surface area contributed by atoms with E-state index in [1.54, 1.807) is 13.8 Å². The average Bonchev–Trinajstić information content (AvgIpc) is 3.63. The van der Waals surface area contributed by atoms with Gasteiger partial charge in [-0.3, -0.25) is 28.5 Å². The van der Waals surface area contributed by atoms with Crippen LogP contribution >= 0.6 is 0 Å². The van der Waals surface area contributed by atoms with Crippen molar-refractivity contribution < 1.29 is 38.1 Å². The standard InChI is InChI=1S/C19H29N3O4.C19H28N2O4/c1-4-14-17-15(22(21-14)13(3)10-16(23)26-5-2)11-19(12-20-18(17)24)6-8-25-9-7-19;1-4-14-18-15(21(20-14)13(3)10-17(23)25-5-2)11-19(12-16(18)22)6-8-24-9-7-19/h13H,4-12H2,1-3H3,(H,20,24);13H,4-12H2,1-3H3. The average molecular weight is 712 g/mol. The molecule has 2 unspecified atom stereocenters. The van der Waals surface area contributed by atoms with E-state index in [1.807, 2.05) is 37.1 Å². The van der Waals surface area contributed by atoms with Gasteiger partial charge in [0.15, 0.2) is 5.78 Å². The summed E-state index contributed by atoms with van der Waals surface area (Å²) in [5.41, 5.74) is 5.12. The molecule has 13 heteroatoms. The van der Waals surface area contributed by atoms with Crippen LogP contribution < -0.4 is 5.32 Å². The lowest BCUT2D eigenvalue weighted by molar-refractivity contribution is -0.145. The number of amides is 1. The Kier molecular flexibility index (Phi) is 12.8. The number of hydrogen-bond acceptors (Lipinski definition) is 10. The highest BCUT2D eigenvalue weighted by Crippen LogP contribution is 2.44. The van der Waals surface area contributed by atoms with Crippen LogP contribution in [0.5, 0.6) is 0 Å². The zero-order valence-electron chi connectivity index (χ0n) is 31.4. The molecule has 2 aromatic rings. The van der Waals surface area contributed by atoms with Gasteiger partial charge in [-0.15, -0.1) is 0 Å². The van der Waals surface area contributed by atoms with Crippen molar-refractivity contribution in [1.29, 1.82) is 0 Å². The van der Waals surface area contributed by atoms with Crippen molar-refractivity contribution in [3.63, 3.8) is 0 Å². The molecule has 1 aliphatic carbocycles. The van der Waals surface area contributed by atoms with E-state index >= 15 is 0 Å². The van der Waals surface area contributed by atoms with E-state index in [4.69, 9.17) is 29.1 Å². The molecule has 4 aliphatic rings. The SMILES string of the molecule is CCOC(=O)CC(C)n1nc(CC)c2c1CC1(CCOCC1)CC2=O.CCOC(=O)CC(C)n1nc(CC)c2c1CC1(CCOCC1)CNC2=O. The van der Waals surface area contributed by atoms with Crippen molar-refractivity contribution in [1.82, 2.24) is 24.9 Å². The van der Waals surface area contributed by atoms with Crippen molar-refractivity contribution in [3.8, 4) is 0 Å². The molecule has 0 bridgehead atoms. The van der Waals surface area contributed by atoms with Gasteiger partial charge in [-0.05, 0) is 89.9 Å². The molecule has 13 nitrogen and oxygen atoms in total. The van der Waals surface area contributed by atoms with E-state index in [-0.39, 0.29) is 59.4 Å². The number of carbonyl (C=O) groups excluding carboxylic acids is 4. The minimum Gasteiger partial charge on any atom is -0.466 e. The summed E-state index contributed by atoms with van der Waals surface area (Å²) in [7, 11) is 0. The Labute approximate surface area is 301 Å². The Bertz CT molecular complexity index is 1570. The minimum absolute atomic E-state index is 0.00518. The Morgan fingerprint density at radius 2 is 1.18 bits per heavy atom. The summed E-state index contributed by atoms with van der Waals surface area (Å²) < 4.78 is 25.0. The van der Waals surface area contributed by atoms with Crippen molar-refractivity contribution in [2.75, 3.05) is 46.2 Å². The summed E-state index contributed by atoms with van der Waals surface area (Å²) in [6, 6.07) is -0.262. The van der Waals surface area contributed by atoms with Crippen LogP contribution in [0.3, 0.4) is 0 Å². The van der Waals surface area contributed by atoms with Crippen LogP contribution in [0, 0.1) is 10.8 Å². The molecule has 2 aromatic heterocycles. The Morgan fingerprint density at radius 3 is 1.67 bits per heavy atom. The molecule has 282 valence electrons. The fourth-order valence-corrected chi connectivity index (χ4v) is 8.22. The smallest absolute Gasteiger partial charge is 0.307 e. The number of ketones is 1. The maximum Gasteiger partial charge on any atom is 0.307 e. The van der Waals surface area contributed by atoms with E-state index in [9.17, 15) is 19.2 Å². The molecular formula is C38H57N5O8. The Morgan fingerprint density at radius 1 is 0.725 bits per heavy atom. The number of aromatic nitrogens is 4. The fourth-order valence-electron chi connectivity index (χ4n) is 8.22. The molecule has 3 aliphatic heterocycles. The Balaban J connectivity index is 0.000000198. The van der Waals surface area contributed by atoms with Crippen LogP contribution in [0.15, 0.2) is 0 Å². The van der Waals surface area contributed by atoms with Crippen molar-refractivity contribution in [3.05, 3.63) is 33.9 Å². The van der Waals surface area contributed by atoms with Crippen LogP contribution in [-0.4, -0.2) is 89.4 Å². The van der Waals surface area contributed by atoms with Gasteiger partial charge in [-0.2, -0.15) is 10.2 Å². The summed E-state index contributed by atoms with van der Waals surface area (Å²) in [6.45, 7) is 15.9. The quantitative estimate of drug-likeness (QED) is 0.336. The lowest BCUT2D eigenvalue weighted by atomic mass is 9.68. The molecule has 2 saturated heterocycles. The molecule has 6 rings (SSSR count). The fraction of sp³-hybridized carbons (Fsp3) is 0.737. The molecule has 1 amide bonds. The van der Waals surface area contributed by atoms with Gasteiger partial charge in [0.25, 0.3) is 5.91 Å². The normalized spacial score (nSPS) is 20.3. The van der Waals surface area contributed by atoms with Crippen LogP contribution in [0.1, 0.15) is 142 Å². The number of carbonyl (C=O) groups is 4. The summed E-state index contributed by atoms with van der Waals surface area (Å²) in [6.07, 6.45) is 7.83. The second-order valence-electron chi connectivity index (χ2n) is 14.7. The molecule has 2 atom stereocenters. The number of rotatable bonds is 10. The number of nitrogens with one attached hydrogen (secondary N) is 1. The molecular weight excluding hydrogens is 654 g/mol. The zero-order valence-corrected chi connectivity index (χ0v) is 31.4. The van der Waals surface area contributed by atoms with Crippen LogP contribution in [0.2, 0.25) is 0 Å². The highest BCUT2D eigenvalue weighted by atomic mass is 16.5. The largest absolute Gasteiger partial charge is 0.466 e. The van der Waals surface area contributed by atoms with Gasteiger partial charge in [0, 0.05) is 39.4 Å². The second kappa shape index (κ2) is 16.8. The predicted molar refractivity (Wildman–Crippen MR) is 189 cm³/mol. The third kappa shape index (κ3) is 8.56. The summed E-state index contributed by atoms with van der Waals surface area (Å²) in [5, 5.41) is 12.5. The summed E-state index contributed by atoms with van der Waals surface area (Å²) in [5.74, 6) is -0.300. The lowest BCUT2D eigenvalue weighted by Crippen LogP contribution is -2.41. The number of nitrogens with zero attached hydrogens (tertiary/aromatic N) is 4. The van der Waals surface area contributed by atoms with Gasteiger partial charge in [0.2, 0.25) is 0 Å². The molecule has 2 spiro atoms. The molecule has 0 radical (unpaired) electrons. The number of hydrogen-bond donors (Lipinski definition) is 1. The molecule has 0 saturated carbocycles. The van der Waals surface area contributed by atoms with E-state index in [2.05, 4.69) is 5.32 Å². The number of Topliss-reactive ketones (excluding diaryl/α,β-unsaturated/α-hetero) is 1. The zero-order chi connectivity index (χ0) is 36.8.